The smallest absolute Gasteiger partial charge is 0.244 e. The molecule has 4 heteroatoms. The van der Waals surface area contributed by atoms with Crippen molar-refractivity contribution in [1.29, 1.82) is 0 Å². The summed E-state index contributed by atoms with van der Waals surface area (Å²) >= 11 is 0. The normalized spacial score (nSPS) is 13.9. The van der Waals surface area contributed by atoms with E-state index in [1.54, 1.807) is 0 Å². The molecule has 3 N–H and O–H groups in total. The van der Waals surface area contributed by atoms with E-state index in [9.17, 15) is 4.79 Å². The Bertz CT molecular complexity index is 453. The molecule has 0 bridgehead atoms. The molecule has 1 aliphatic heterocycles. The molecular weight excluding hydrogens is 228 g/mol. The Balaban J connectivity index is 2.12. The summed E-state index contributed by atoms with van der Waals surface area (Å²) in [5.41, 5.74) is 7.22. The van der Waals surface area contributed by atoms with Crippen LogP contribution in [0.2, 0.25) is 0 Å². The van der Waals surface area contributed by atoms with Gasteiger partial charge in [0, 0.05) is 12.1 Å². The number of anilines is 1. The van der Waals surface area contributed by atoms with Gasteiger partial charge in [-0.2, -0.15) is 0 Å². The van der Waals surface area contributed by atoms with Gasteiger partial charge in [0.15, 0.2) is 0 Å². The average molecular weight is 248 g/mol. The summed E-state index contributed by atoms with van der Waals surface area (Å²) in [6.45, 7) is 4.58. The predicted octanol–water partition coefficient (Wildman–Crippen LogP) is 2.08. The molecule has 0 spiro atoms. The van der Waals surface area contributed by atoms with Gasteiger partial charge in [0.05, 0.1) is 12.1 Å². The molecule has 0 saturated carbocycles. The number of carbonyl (C=O) groups excluding carboxylic acids is 1. The van der Waals surface area contributed by atoms with Gasteiger partial charge in [0.2, 0.25) is 5.91 Å². The number of rotatable bonds is 4. The van der Waals surface area contributed by atoms with E-state index < -0.39 is 5.54 Å². The number of fused-ring (bicyclic) bond motifs is 1. The molecule has 0 radical (unpaired) electrons. The number of ether oxygens (including phenoxy) is 1. The van der Waals surface area contributed by atoms with Crippen LogP contribution in [0.5, 0.6) is 5.75 Å². The maximum Gasteiger partial charge on any atom is 0.244 e. The van der Waals surface area contributed by atoms with E-state index in [0.717, 1.165) is 30.0 Å². The van der Waals surface area contributed by atoms with Crippen molar-refractivity contribution in [3.05, 3.63) is 23.8 Å². The van der Waals surface area contributed by atoms with E-state index in [1.165, 1.54) is 0 Å². The van der Waals surface area contributed by atoms with E-state index in [2.05, 4.69) is 5.32 Å². The second kappa shape index (κ2) is 4.98. The summed E-state index contributed by atoms with van der Waals surface area (Å²) in [4.78, 5) is 12.1. The van der Waals surface area contributed by atoms with Crippen LogP contribution < -0.4 is 15.8 Å². The summed E-state index contributed by atoms with van der Waals surface area (Å²) in [6, 6.07) is 5.72. The summed E-state index contributed by atoms with van der Waals surface area (Å²) < 4.78 is 5.43. The van der Waals surface area contributed by atoms with Crippen molar-refractivity contribution in [2.24, 2.45) is 5.73 Å². The molecule has 0 aromatic heterocycles. The van der Waals surface area contributed by atoms with Gasteiger partial charge in [0.1, 0.15) is 5.75 Å². The van der Waals surface area contributed by atoms with Crippen molar-refractivity contribution in [3.63, 3.8) is 0 Å². The molecule has 1 aromatic rings. The van der Waals surface area contributed by atoms with Gasteiger partial charge in [-0.15, -0.1) is 0 Å². The first kappa shape index (κ1) is 12.9. The Morgan fingerprint density at radius 2 is 2.17 bits per heavy atom. The number of benzene rings is 1. The van der Waals surface area contributed by atoms with Gasteiger partial charge < -0.3 is 15.8 Å². The van der Waals surface area contributed by atoms with Crippen molar-refractivity contribution < 1.29 is 9.53 Å². The summed E-state index contributed by atoms with van der Waals surface area (Å²) in [6.07, 6.45) is 2.15. The van der Waals surface area contributed by atoms with Crippen LogP contribution in [0.4, 0.5) is 5.69 Å². The Labute approximate surface area is 108 Å². The summed E-state index contributed by atoms with van der Waals surface area (Å²) in [5, 5.41) is 2.89. The van der Waals surface area contributed by atoms with Gasteiger partial charge in [-0.3, -0.25) is 4.79 Å². The maximum atomic E-state index is 12.1. The number of hydrogen-bond donors (Lipinski definition) is 2. The molecule has 1 amide bonds. The number of carbonyl (C=O) groups is 1. The van der Waals surface area contributed by atoms with E-state index in [4.69, 9.17) is 10.5 Å². The lowest BCUT2D eigenvalue weighted by Crippen LogP contribution is -2.50. The highest BCUT2D eigenvalue weighted by Gasteiger charge is 2.30. The quantitative estimate of drug-likeness (QED) is 0.857. The number of nitrogens with one attached hydrogen (secondary N) is 1. The van der Waals surface area contributed by atoms with Crippen LogP contribution in [0.15, 0.2) is 18.2 Å². The molecular formula is C14H20N2O2. The molecule has 0 unspecified atom stereocenters. The molecule has 0 fully saturated rings. The predicted molar refractivity (Wildman–Crippen MR) is 71.8 cm³/mol. The molecule has 0 aliphatic carbocycles. The van der Waals surface area contributed by atoms with Gasteiger partial charge >= 0.3 is 0 Å². The minimum absolute atomic E-state index is 0.119. The first-order chi connectivity index (χ1) is 8.59. The molecule has 4 nitrogen and oxygen atoms in total. The topological polar surface area (TPSA) is 64.4 Å². The van der Waals surface area contributed by atoms with Crippen LogP contribution in [0.3, 0.4) is 0 Å². The highest BCUT2D eigenvalue weighted by Crippen LogP contribution is 2.28. The first-order valence-corrected chi connectivity index (χ1v) is 6.45. The molecule has 1 aliphatic rings. The molecule has 0 saturated heterocycles. The van der Waals surface area contributed by atoms with Crippen LogP contribution in [-0.4, -0.2) is 18.1 Å². The molecule has 0 atom stereocenters. The van der Waals surface area contributed by atoms with Crippen LogP contribution in [0, 0.1) is 0 Å². The van der Waals surface area contributed by atoms with Crippen molar-refractivity contribution in [1.82, 2.24) is 0 Å². The molecule has 2 rings (SSSR count). The second-order valence-electron chi connectivity index (χ2n) is 4.74. The fraction of sp³-hybridized carbons (Fsp3) is 0.500. The van der Waals surface area contributed by atoms with Crippen LogP contribution in [0.25, 0.3) is 0 Å². The fourth-order valence-corrected chi connectivity index (χ4v) is 2.09. The largest absolute Gasteiger partial charge is 0.493 e. The van der Waals surface area contributed by atoms with Crippen molar-refractivity contribution in [2.75, 3.05) is 11.9 Å². The van der Waals surface area contributed by atoms with Crippen LogP contribution in [0.1, 0.15) is 32.3 Å². The van der Waals surface area contributed by atoms with E-state index >= 15 is 0 Å². The first-order valence-electron chi connectivity index (χ1n) is 6.45. The minimum atomic E-state index is -0.782. The van der Waals surface area contributed by atoms with Crippen LogP contribution in [-0.2, 0) is 11.2 Å². The SMILES string of the molecule is CCC(N)(CC)C(=O)Nc1ccc2c(c1)CCO2. The van der Waals surface area contributed by atoms with Crippen molar-refractivity contribution in [3.8, 4) is 5.75 Å². The number of hydrogen-bond acceptors (Lipinski definition) is 3. The Morgan fingerprint density at radius 1 is 1.44 bits per heavy atom. The van der Waals surface area contributed by atoms with E-state index in [1.807, 2.05) is 32.0 Å². The Morgan fingerprint density at radius 3 is 2.83 bits per heavy atom. The van der Waals surface area contributed by atoms with Crippen LogP contribution >= 0.6 is 0 Å². The number of nitrogens with two attached hydrogens (primary N) is 1. The minimum Gasteiger partial charge on any atom is -0.493 e. The average Bonchev–Trinajstić information content (AvgIpc) is 2.85. The van der Waals surface area contributed by atoms with Crippen molar-refractivity contribution >= 4 is 11.6 Å². The zero-order valence-corrected chi connectivity index (χ0v) is 11.0. The molecule has 1 heterocycles. The zero-order chi connectivity index (χ0) is 13.2. The third kappa shape index (κ3) is 2.34. The zero-order valence-electron chi connectivity index (χ0n) is 11.0. The highest BCUT2D eigenvalue weighted by molar-refractivity contribution is 5.98. The van der Waals surface area contributed by atoms with Gasteiger partial charge in [-0.05, 0) is 36.6 Å². The highest BCUT2D eigenvalue weighted by atomic mass is 16.5. The third-order valence-corrected chi connectivity index (χ3v) is 3.66. The lowest BCUT2D eigenvalue weighted by molar-refractivity contribution is -0.121. The van der Waals surface area contributed by atoms with E-state index in [0.29, 0.717) is 12.8 Å². The van der Waals surface area contributed by atoms with Gasteiger partial charge in [0.25, 0.3) is 0 Å². The molecule has 18 heavy (non-hydrogen) atoms. The van der Waals surface area contributed by atoms with Gasteiger partial charge in [-0.1, -0.05) is 13.8 Å². The lowest BCUT2D eigenvalue weighted by atomic mass is 9.93. The monoisotopic (exact) mass is 248 g/mol. The summed E-state index contributed by atoms with van der Waals surface area (Å²) in [7, 11) is 0. The van der Waals surface area contributed by atoms with Crippen molar-refractivity contribution in [2.45, 2.75) is 38.6 Å². The Kier molecular flexibility index (Phi) is 3.57. The lowest BCUT2D eigenvalue weighted by Gasteiger charge is -2.25. The number of amides is 1. The standard InChI is InChI=1S/C14H20N2O2/c1-3-14(15,4-2)13(17)16-11-5-6-12-10(9-11)7-8-18-12/h5-6,9H,3-4,7-8,15H2,1-2H3,(H,16,17). The Hall–Kier alpha value is -1.55. The van der Waals surface area contributed by atoms with Gasteiger partial charge in [-0.25, -0.2) is 0 Å². The second-order valence-corrected chi connectivity index (χ2v) is 4.74. The molecule has 98 valence electrons. The third-order valence-electron chi connectivity index (χ3n) is 3.66. The van der Waals surface area contributed by atoms with E-state index in [-0.39, 0.29) is 5.91 Å². The molecule has 1 aromatic carbocycles. The fourth-order valence-electron chi connectivity index (χ4n) is 2.09. The summed E-state index contributed by atoms with van der Waals surface area (Å²) in [5.74, 6) is 0.796. The maximum absolute atomic E-state index is 12.1.